The van der Waals surface area contributed by atoms with Crippen LogP contribution in [0.3, 0.4) is 0 Å². The summed E-state index contributed by atoms with van der Waals surface area (Å²) >= 11 is 0. The van der Waals surface area contributed by atoms with Gasteiger partial charge in [0, 0.05) is 18.1 Å². The van der Waals surface area contributed by atoms with Crippen LogP contribution in [0.15, 0.2) is 18.2 Å². The number of hydrogen-bond donors (Lipinski definition) is 1. The van der Waals surface area contributed by atoms with Gasteiger partial charge >= 0.3 is 0 Å². The van der Waals surface area contributed by atoms with Crippen molar-refractivity contribution in [1.29, 1.82) is 0 Å². The molecule has 4 nitrogen and oxygen atoms in total. The highest BCUT2D eigenvalue weighted by atomic mass is 16.5. The number of ether oxygens (including phenoxy) is 3. The average Bonchev–Trinajstić information content (AvgIpc) is 2.97. The first-order chi connectivity index (χ1) is 8.36. The summed E-state index contributed by atoms with van der Waals surface area (Å²) in [5.41, 5.74) is 1.21. The molecule has 0 bridgehead atoms. The van der Waals surface area contributed by atoms with Crippen molar-refractivity contribution < 1.29 is 14.2 Å². The quantitative estimate of drug-likeness (QED) is 0.862. The second-order valence-corrected chi connectivity index (χ2v) is 4.46. The van der Waals surface area contributed by atoms with Crippen molar-refractivity contribution in [2.75, 3.05) is 26.9 Å². The summed E-state index contributed by atoms with van der Waals surface area (Å²) in [6, 6.07) is 6.37. The molecule has 0 aromatic heterocycles. The fourth-order valence-electron chi connectivity index (χ4n) is 2.30. The van der Waals surface area contributed by atoms with Gasteiger partial charge in [-0.2, -0.15) is 0 Å². The van der Waals surface area contributed by atoms with E-state index in [-0.39, 0.29) is 6.10 Å². The first-order valence-corrected chi connectivity index (χ1v) is 6.05. The van der Waals surface area contributed by atoms with Gasteiger partial charge in [0.15, 0.2) is 0 Å². The Labute approximate surface area is 101 Å². The molecule has 2 heterocycles. The van der Waals surface area contributed by atoms with Crippen LogP contribution in [0.5, 0.6) is 11.5 Å². The molecule has 2 aliphatic heterocycles. The summed E-state index contributed by atoms with van der Waals surface area (Å²) in [5.74, 6) is 1.80. The van der Waals surface area contributed by atoms with Crippen molar-refractivity contribution >= 4 is 0 Å². The summed E-state index contributed by atoms with van der Waals surface area (Å²) in [7, 11) is 1.95. The largest absolute Gasteiger partial charge is 0.491 e. The van der Waals surface area contributed by atoms with Crippen LogP contribution in [-0.2, 0) is 4.74 Å². The third-order valence-electron chi connectivity index (χ3n) is 3.31. The van der Waals surface area contributed by atoms with E-state index in [1.54, 1.807) is 0 Å². The first-order valence-electron chi connectivity index (χ1n) is 6.05. The number of likely N-dealkylation sites (N-methyl/N-ethyl adjacent to an activating group) is 1. The standard InChI is InChI=1S/C13H17NO3/c1-14-12-8-16-13-6-9(2-3-11(12)13)17-10-4-5-15-7-10/h2-3,6,10,12,14H,4-5,7-8H2,1H3. The van der Waals surface area contributed by atoms with Crippen molar-refractivity contribution in [1.82, 2.24) is 5.32 Å². The lowest BCUT2D eigenvalue weighted by Gasteiger charge is -2.13. The fourth-order valence-corrected chi connectivity index (χ4v) is 2.30. The minimum atomic E-state index is 0.189. The van der Waals surface area contributed by atoms with E-state index in [1.165, 1.54) is 5.56 Å². The Morgan fingerprint density at radius 1 is 1.35 bits per heavy atom. The van der Waals surface area contributed by atoms with Gasteiger partial charge in [0.2, 0.25) is 0 Å². The molecule has 4 heteroatoms. The van der Waals surface area contributed by atoms with Gasteiger partial charge in [0.1, 0.15) is 24.2 Å². The molecule has 92 valence electrons. The molecule has 0 radical (unpaired) electrons. The number of nitrogens with one attached hydrogen (secondary N) is 1. The lowest BCUT2D eigenvalue weighted by molar-refractivity contribution is 0.141. The molecule has 1 fully saturated rings. The zero-order valence-corrected chi connectivity index (χ0v) is 9.94. The predicted octanol–water partition coefficient (Wildman–Crippen LogP) is 1.51. The van der Waals surface area contributed by atoms with Gasteiger partial charge in [-0.05, 0) is 19.2 Å². The molecule has 0 saturated carbocycles. The Morgan fingerprint density at radius 3 is 3.06 bits per heavy atom. The number of hydrogen-bond acceptors (Lipinski definition) is 4. The van der Waals surface area contributed by atoms with Crippen molar-refractivity contribution in [2.24, 2.45) is 0 Å². The van der Waals surface area contributed by atoms with E-state index in [4.69, 9.17) is 14.2 Å². The van der Waals surface area contributed by atoms with Gasteiger partial charge in [-0.25, -0.2) is 0 Å². The summed E-state index contributed by atoms with van der Waals surface area (Å²) in [6.07, 6.45) is 1.16. The maximum absolute atomic E-state index is 5.84. The minimum Gasteiger partial charge on any atom is -0.491 e. The summed E-state index contributed by atoms with van der Waals surface area (Å²) < 4.78 is 16.8. The molecule has 1 N–H and O–H groups in total. The van der Waals surface area contributed by atoms with Gasteiger partial charge in [-0.1, -0.05) is 0 Å². The molecule has 2 atom stereocenters. The summed E-state index contributed by atoms with van der Waals surface area (Å²) in [6.45, 7) is 2.19. The van der Waals surface area contributed by atoms with E-state index in [0.29, 0.717) is 19.3 Å². The Hall–Kier alpha value is -1.26. The fraction of sp³-hybridized carbons (Fsp3) is 0.538. The highest BCUT2D eigenvalue weighted by molar-refractivity contribution is 5.45. The maximum Gasteiger partial charge on any atom is 0.127 e. The molecule has 1 aromatic rings. The summed E-state index contributed by atoms with van der Waals surface area (Å²) in [4.78, 5) is 0. The van der Waals surface area contributed by atoms with Gasteiger partial charge < -0.3 is 19.5 Å². The van der Waals surface area contributed by atoms with E-state index in [2.05, 4.69) is 11.4 Å². The first kappa shape index (κ1) is 10.9. The van der Waals surface area contributed by atoms with E-state index >= 15 is 0 Å². The molecule has 1 saturated heterocycles. The average molecular weight is 235 g/mol. The van der Waals surface area contributed by atoms with Crippen LogP contribution >= 0.6 is 0 Å². The predicted molar refractivity (Wildman–Crippen MR) is 63.6 cm³/mol. The Kier molecular flexibility index (Phi) is 2.91. The lowest BCUT2D eigenvalue weighted by Crippen LogP contribution is -2.17. The van der Waals surface area contributed by atoms with Crippen LogP contribution in [0, 0.1) is 0 Å². The monoisotopic (exact) mass is 235 g/mol. The van der Waals surface area contributed by atoms with Crippen LogP contribution in [-0.4, -0.2) is 33.0 Å². The molecule has 17 heavy (non-hydrogen) atoms. The molecular weight excluding hydrogens is 218 g/mol. The molecule has 0 spiro atoms. The van der Waals surface area contributed by atoms with E-state index < -0.39 is 0 Å². The zero-order valence-electron chi connectivity index (χ0n) is 9.94. The summed E-state index contributed by atoms with van der Waals surface area (Å²) in [5, 5.41) is 3.23. The smallest absolute Gasteiger partial charge is 0.127 e. The van der Waals surface area contributed by atoms with Crippen LogP contribution in [0.25, 0.3) is 0 Å². The van der Waals surface area contributed by atoms with Gasteiger partial charge in [0.25, 0.3) is 0 Å². The number of benzene rings is 1. The SMILES string of the molecule is CNC1COc2cc(OC3CCOC3)ccc21. The molecular formula is C13H17NO3. The highest BCUT2D eigenvalue weighted by Crippen LogP contribution is 2.35. The van der Waals surface area contributed by atoms with Crippen LogP contribution in [0.1, 0.15) is 18.0 Å². The maximum atomic E-state index is 5.84. The second kappa shape index (κ2) is 4.55. The molecule has 3 rings (SSSR count). The molecule has 2 unspecified atom stereocenters. The minimum absolute atomic E-state index is 0.189. The topological polar surface area (TPSA) is 39.7 Å². The van der Waals surface area contributed by atoms with Crippen LogP contribution < -0.4 is 14.8 Å². The number of fused-ring (bicyclic) bond motifs is 1. The van der Waals surface area contributed by atoms with Crippen molar-refractivity contribution in [2.45, 2.75) is 18.6 Å². The molecule has 0 aliphatic carbocycles. The van der Waals surface area contributed by atoms with Crippen molar-refractivity contribution in [3.8, 4) is 11.5 Å². The van der Waals surface area contributed by atoms with E-state index in [1.807, 2.05) is 19.2 Å². The second-order valence-electron chi connectivity index (χ2n) is 4.46. The molecule has 0 amide bonds. The molecule has 2 aliphatic rings. The molecule has 1 aromatic carbocycles. The Morgan fingerprint density at radius 2 is 2.29 bits per heavy atom. The van der Waals surface area contributed by atoms with Crippen LogP contribution in [0.2, 0.25) is 0 Å². The Balaban J connectivity index is 1.75. The van der Waals surface area contributed by atoms with Crippen LogP contribution in [0.4, 0.5) is 0 Å². The number of rotatable bonds is 3. The normalized spacial score (nSPS) is 26.6. The third kappa shape index (κ3) is 2.10. The third-order valence-corrected chi connectivity index (χ3v) is 3.31. The van der Waals surface area contributed by atoms with Crippen molar-refractivity contribution in [3.63, 3.8) is 0 Å². The van der Waals surface area contributed by atoms with E-state index in [9.17, 15) is 0 Å². The van der Waals surface area contributed by atoms with Gasteiger partial charge in [0.05, 0.1) is 19.3 Å². The van der Waals surface area contributed by atoms with Gasteiger partial charge in [-0.15, -0.1) is 0 Å². The zero-order chi connectivity index (χ0) is 11.7. The van der Waals surface area contributed by atoms with E-state index in [0.717, 1.165) is 24.5 Å². The van der Waals surface area contributed by atoms with Gasteiger partial charge in [-0.3, -0.25) is 0 Å². The lowest BCUT2D eigenvalue weighted by atomic mass is 10.1. The van der Waals surface area contributed by atoms with Crippen molar-refractivity contribution in [3.05, 3.63) is 23.8 Å². The Bertz CT molecular complexity index is 402. The highest BCUT2D eigenvalue weighted by Gasteiger charge is 2.24.